The monoisotopic (exact) mass is 178 g/mol. The molecule has 0 radical (unpaired) electrons. The standard InChI is InChI=1S/C6H14N2O2S/c7-6-1-3-8(4-2-6)5-11(9)10/h6H,1-5,7H2,(H,9,10). The molecule has 1 rings (SSSR count). The van der Waals surface area contributed by atoms with Crippen LogP contribution in [-0.4, -0.2) is 38.7 Å². The molecule has 0 amide bonds. The molecule has 1 saturated heterocycles. The maximum atomic E-state index is 10.4. The molecule has 0 saturated carbocycles. The summed E-state index contributed by atoms with van der Waals surface area (Å²) in [4.78, 5) is 1.97. The highest BCUT2D eigenvalue weighted by Crippen LogP contribution is 2.07. The van der Waals surface area contributed by atoms with E-state index in [1.807, 2.05) is 4.90 Å². The fourth-order valence-corrected chi connectivity index (χ4v) is 1.81. The third-order valence-corrected chi connectivity index (χ3v) is 2.51. The second-order valence-corrected chi connectivity index (χ2v) is 3.81. The number of piperidine rings is 1. The van der Waals surface area contributed by atoms with Crippen LogP contribution in [0.5, 0.6) is 0 Å². The highest BCUT2D eigenvalue weighted by Gasteiger charge is 2.16. The average molecular weight is 178 g/mol. The van der Waals surface area contributed by atoms with Gasteiger partial charge in [-0.05, 0) is 12.8 Å². The van der Waals surface area contributed by atoms with Crippen LogP contribution >= 0.6 is 0 Å². The van der Waals surface area contributed by atoms with Gasteiger partial charge in [-0.2, -0.15) is 0 Å². The first-order valence-electron chi connectivity index (χ1n) is 3.74. The van der Waals surface area contributed by atoms with Crippen molar-refractivity contribution in [3.63, 3.8) is 0 Å². The van der Waals surface area contributed by atoms with Crippen molar-refractivity contribution in [3.8, 4) is 0 Å². The predicted octanol–water partition coefficient (Wildman–Crippen LogP) is -0.411. The van der Waals surface area contributed by atoms with Gasteiger partial charge in [0.15, 0.2) is 11.1 Å². The third-order valence-electron chi connectivity index (χ3n) is 1.93. The summed E-state index contributed by atoms with van der Waals surface area (Å²) in [6.45, 7) is 1.71. The van der Waals surface area contributed by atoms with E-state index < -0.39 is 11.1 Å². The summed E-state index contributed by atoms with van der Waals surface area (Å²) in [7, 11) is 0. The van der Waals surface area contributed by atoms with Crippen molar-refractivity contribution >= 4 is 11.1 Å². The van der Waals surface area contributed by atoms with E-state index in [1.54, 1.807) is 0 Å². The van der Waals surface area contributed by atoms with Gasteiger partial charge in [0.25, 0.3) is 0 Å². The second kappa shape index (κ2) is 4.15. The lowest BCUT2D eigenvalue weighted by molar-refractivity contribution is 0.241. The summed E-state index contributed by atoms with van der Waals surface area (Å²) in [6, 6.07) is 0.290. The van der Waals surface area contributed by atoms with E-state index in [2.05, 4.69) is 0 Å². The Morgan fingerprint density at radius 2 is 2.09 bits per heavy atom. The maximum Gasteiger partial charge on any atom is 0.167 e. The summed E-state index contributed by atoms with van der Waals surface area (Å²) in [5, 5.41) is 0. The fraction of sp³-hybridized carbons (Fsp3) is 1.00. The number of hydrogen-bond donors (Lipinski definition) is 2. The summed E-state index contributed by atoms with van der Waals surface area (Å²) >= 11 is -1.69. The summed E-state index contributed by atoms with van der Waals surface area (Å²) < 4.78 is 19.0. The average Bonchev–Trinajstić information content (AvgIpc) is 1.93. The van der Waals surface area contributed by atoms with Gasteiger partial charge in [0.05, 0.1) is 0 Å². The molecule has 4 nitrogen and oxygen atoms in total. The Balaban J connectivity index is 2.22. The first kappa shape index (κ1) is 9.12. The van der Waals surface area contributed by atoms with E-state index in [4.69, 9.17) is 10.3 Å². The third kappa shape index (κ3) is 3.29. The van der Waals surface area contributed by atoms with Crippen molar-refractivity contribution in [1.29, 1.82) is 0 Å². The molecule has 3 N–H and O–H groups in total. The maximum absolute atomic E-state index is 10.4. The van der Waals surface area contributed by atoms with Crippen molar-refractivity contribution in [1.82, 2.24) is 4.90 Å². The van der Waals surface area contributed by atoms with E-state index in [0.717, 1.165) is 25.9 Å². The fourth-order valence-electron chi connectivity index (χ4n) is 1.24. The van der Waals surface area contributed by atoms with Crippen LogP contribution in [0.1, 0.15) is 12.8 Å². The number of nitrogens with two attached hydrogens (primary N) is 1. The molecule has 0 aromatic carbocycles. The smallest absolute Gasteiger partial charge is 0.167 e. The summed E-state index contributed by atoms with van der Waals surface area (Å²) in [5.41, 5.74) is 5.66. The quantitative estimate of drug-likeness (QED) is 0.564. The second-order valence-electron chi connectivity index (χ2n) is 2.91. The van der Waals surface area contributed by atoms with Crippen molar-refractivity contribution in [2.75, 3.05) is 19.0 Å². The van der Waals surface area contributed by atoms with Crippen LogP contribution in [0.25, 0.3) is 0 Å². The normalized spacial score (nSPS) is 25.3. The molecular weight excluding hydrogens is 164 g/mol. The minimum Gasteiger partial charge on any atom is -0.328 e. The van der Waals surface area contributed by atoms with Gasteiger partial charge in [-0.25, -0.2) is 4.21 Å². The number of nitrogens with zero attached hydrogens (tertiary/aromatic N) is 1. The van der Waals surface area contributed by atoms with Gasteiger partial charge >= 0.3 is 0 Å². The van der Waals surface area contributed by atoms with Crippen LogP contribution in [0.4, 0.5) is 0 Å². The molecule has 11 heavy (non-hydrogen) atoms. The van der Waals surface area contributed by atoms with Crippen LogP contribution in [0.2, 0.25) is 0 Å². The highest BCUT2D eigenvalue weighted by molar-refractivity contribution is 7.79. The zero-order valence-electron chi connectivity index (χ0n) is 6.40. The Hall–Kier alpha value is 0.0300. The van der Waals surface area contributed by atoms with Gasteiger partial charge in [-0.15, -0.1) is 0 Å². The molecule has 0 aromatic heterocycles. The molecule has 1 fully saturated rings. The van der Waals surface area contributed by atoms with Gasteiger partial charge in [0.2, 0.25) is 0 Å². The number of likely N-dealkylation sites (tertiary alicyclic amines) is 1. The van der Waals surface area contributed by atoms with Crippen molar-refractivity contribution < 1.29 is 8.76 Å². The summed E-state index contributed by atoms with van der Waals surface area (Å²) in [5.74, 6) is 0.271. The summed E-state index contributed by atoms with van der Waals surface area (Å²) in [6.07, 6.45) is 1.88. The molecule has 0 spiro atoms. The van der Waals surface area contributed by atoms with E-state index in [-0.39, 0.29) is 5.88 Å². The van der Waals surface area contributed by atoms with E-state index in [1.165, 1.54) is 0 Å². The molecule has 0 aliphatic carbocycles. The molecular formula is C6H14N2O2S. The Morgan fingerprint density at radius 3 is 2.55 bits per heavy atom. The number of hydrogen-bond acceptors (Lipinski definition) is 3. The molecule has 0 aromatic rings. The van der Waals surface area contributed by atoms with Gasteiger partial charge in [-0.3, -0.25) is 4.90 Å². The lowest BCUT2D eigenvalue weighted by Crippen LogP contribution is -2.40. The van der Waals surface area contributed by atoms with Crippen LogP contribution in [0, 0.1) is 0 Å². The van der Waals surface area contributed by atoms with Crippen LogP contribution in [0.3, 0.4) is 0 Å². The highest BCUT2D eigenvalue weighted by atomic mass is 32.2. The Morgan fingerprint density at radius 1 is 1.55 bits per heavy atom. The largest absolute Gasteiger partial charge is 0.328 e. The minimum absolute atomic E-state index is 0.271. The van der Waals surface area contributed by atoms with E-state index in [9.17, 15) is 4.21 Å². The molecule has 1 atom stereocenters. The van der Waals surface area contributed by atoms with Crippen molar-refractivity contribution in [3.05, 3.63) is 0 Å². The van der Waals surface area contributed by atoms with Crippen LogP contribution in [0.15, 0.2) is 0 Å². The zero-order valence-corrected chi connectivity index (χ0v) is 7.22. The predicted molar refractivity (Wildman–Crippen MR) is 44.4 cm³/mol. The van der Waals surface area contributed by atoms with Gasteiger partial charge in [-0.1, -0.05) is 0 Å². The molecule has 1 aliphatic heterocycles. The van der Waals surface area contributed by atoms with Crippen molar-refractivity contribution in [2.45, 2.75) is 18.9 Å². The lowest BCUT2D eigenvalue weighted by Gasteiger charge is -2.28. The first-order chi connectivity index (χ1) is 5.18. The molecule has 0 bridgehead atoms. The number of rotatable bonds is 2. The molecule has 5 heteroatoms. The lowest BCUT2D eigenvalue weighted by atomic mass is 10.1. The van der Waals surface area contributed by atoms with Gasteiger partial charge in [0, 0.05) is 19.1 Å². The van der Waals surface area contributed by atoms with Gasteiger partial charge in [0.1, 0.15) is 5.88 Å². The molecule has 1 aliphatic rings. The van der Waals surface area contributed by atoms with Crippen LogP contribution < -0.4 is 5.73 Å². The van der Waals surface area contributed by atoms with Crippen molar-refractivity contribution in [2.24, 2.45) is 5.73 Å². The Bertz CT molecular complexity index is 146. The minimum atomic E-state index is -1.69. The first-order valence-corrected chi connectivity index (χ1v) is 5.01. The SMILES string of the molecule is NC1CCN(CS(=O)O)CC1. The van der Waals surface area contributed by atoms with Gasteiger partial charge < -0.3 is 10.3 Å². The molecule has 1 heterocycles. The Labute approximate surface area is 69.0 Å². The zero-order chi connectivity index (χ0) is 8.27. The van der Waals surface area contributed by atoms with Crippen LogP contribution in [-0.2, 0) is 11.1 Å². The molecule has 66 valence electrons. The van der Waals surface area contributed by atoms with E-state index >= 15 is 0 Å². The topological polar surface area (TPSA) is 66.6 Å². The Kier molecular flexibility index (Phi) is 3.45. The van der Waals surface area contributed by atoms with E-state index in [0.29, 0.717) is 6.04 Å². The molecule has 1 unspecified atom stereocenters.